The number of aliphatic hydroxyl groups is 1. The number of nitrogens with zero attached hydrogens (tertiary/aromatic N) is 2. The lowest BCUT2D eigenvalue weighted by atomic mass is 10.2. The van der Waals surface area contributed by atoms with Gasteiger partial charge in [-0.3, -0.25) is 4.68 Å². The molecular formula is C7H10N2O3. The molecule has 5 heteroatoms. The molecule has 1 heterocycles. The smallest absolute Gasteiger partial charge is 0.338 e. The molecule has 0 saturated heterocycles. The van der Waals surface area contributed by atoms with Gasteiger partial charge in [0.15, 0.2) is 6.10 Å². The SMILES string of the molecule is CCn1nccc1C(O)C(=O)O. The minimum Gasteiger partial charge on any atom is -0.479 e. The summed E-state index contributed by atoms with van der Waals surface area (Å²) in [5, 5.41) is 21.5. The highest BCUT2D eigenvalue weighted by atomic mass is 16.4. The van der Waals surface area contributed by atoms with E-state index in [2.05, 4.69) is 5.10 Å². The van der Waals surface area contributed by atoms with Crippen molar-refractivity contribution in [1.82, 2.24) is 9.78 Å². The molecule has 2 N–H and O–H groups in total. The van der Waals surface area contributed by atoms with E-state index in [9.17, 15) is 4.79 Å². The second-order valence-corrected chi connectivity index (χ2v) is 2.31. The average Bonchev–Trinajstić information content (AvgIpc) is 2.49. The monoisotopic (exact) mass is 170 g/mol. The molecule has 0 aliphatic heterocycles. The summed E-state index contributed by atoms with van der Waals surface area (Å²) >= 11 is 0. The summed E-state index contributed by atoms with van der Waals surface area (Å²) in [6, 6.07) is 1.49. The maximum Gasteiger partial charge on any atom is 0.338 e. The molecule has 0 aliphatic rings. The van der Waals surface area contributed by atoms with E-state index in [1.54, 1.807) is 0 Å². The Labute approximate surface area is 69.2 Å². The number of carbonyl (C=O) groups is 1. The number of carboxylic acid groups (broad SMARTS) is 1. The van der Waals surface area contributed by atoms with Crippen LogP contribution in [-0.4, -0.2) is 26.0 Å². The van der Waals surface area contributed by atoms with Crippen molar-refractivity contribution in [3.05, 3.63) is 18.0 Å². The second kappa shape index (κ2) is 3.36. The number of hydrogen-bond donors (Lipinski definition) is 2. The first-order valence-electron chi connectivity index (χ1n) is 3.59. The molecule has 12 heavy (non-hydrogen) atoms. The molecule has 5 nitrogen and oxygen atoms in total. The molecule has 0 fully saturated rings. The molecule has 0 amide bonds. The second-order valence-electron chi connectivity index (χ2n) is 2.31. The molecule has 66 valence electrons. The fraction of sp³-hybridized carbons (Fsp3) is 0.429. The Morgan fingerprint density at radius 2 is 2.50 bits per heavy atom. The Morgan fingerprint density at radius 1 is 1.83 bits per heavy atom. The summed E-state index contributed by atoms with van der Waals surface area (Å²) in [6.45, 7) is 2.37. The van der Waals surface area contributed by atoms with Gasteiger partial charge < -0.3 is 10.2 Å². The third-order valence-corrected chi connectivity index (χ3v) is 1.56. The highest BCUT2D eigenvalue weighted by Crippen LogP contribution is 2.11. The molecule has 1 atom stereocenters. The summed E-state index contributed by atoms with van der Waals surface area (Å²) in [7, 11) is 0. The zero-order valence-electron chi connectivity index (χ0n) is 6.64. The zero-order valence-corrected chi connectivity index (χ0v) is 6.64. The molecule has 0 aromatic carbocycles. The maximum absolute atomic E-state index is 10.4. The number of rotatable bonds is 3. The van der Waals surface area contributed by atoms with Crippen LogP contribution >= 0.6 is 0 Å². The predicted octanol–water partition coefficient (Wildman–Crippen LogP) is 0.0210. The predicted molar refractivity (Wildman–Crippen MR) is 40.5 cm³/mol. The van der Waals surface area contributed by atoms with Crippen LogP contribution in [-0.2, 0) is 11.3 Å². The molecule has 1 unspecified atom stereocenters. The van der Waals surface area contributed by atoms with Crippen molar-refractivity contribution < 1.29 is 15.0 Å². The minimum absolute atomic E-state index is 0.310. The van der Waals surface area contributed by atoms with Gasteiger partial charge >= 0.3 is 5.97 Å². The van der Waals surface area contributed by atoms with Crippen molar-refractivity contribution in [2.24, 2.45) is 0 Å². The van der Waals surface area contributed by atoms with Crippen molar-refractivity contribution in [3.8, 4) is 0 Å². The Morgan fingerprint density at radius 3 is 3.00 bits per heavy atom. The van der Waals surface area contributed by atoms with Crippen LogP contribution in [0, 0.1) is 0 Å². The van der Waals surface area contributed by atoms with Crippen molar-refractivity contribution in [1.29, 1.82) is 0 Å². The van der Waals surface area contributed by atoms with Crippen LogP contribution < -0.4 is 0 Å². The summed E-state index contributed by atoms with van der Waals surface area (Å²) < 4.78 is 1.44. The summed E-state index contributed by atoms with van der Waals surface area (Å²) in [5.74, 6) is -1.26. The van der Waals surface area contributed by atoms with E-state index in [1.807, 2.05) is 6.92 Å². The van der Waals surface area contributed by atoms with E-state index in [0.717, 1.165) is 0 Å². The summed E-state index contributed by atoms with van der Waals surface area (Å²) in [5.41, 5.74) is 0.310. The minimum atomic E-state index is -1.48. The third kappa shape index (κ3) is 1.45. The van der Waals surface area contributed by atoms with Crippen LogP contribution in [0.3, 0.4) is 0 Å². The fourth-order valence-electron chi connectivity index (χ4n) is 0.966. The Kier molecular flexibility index (Phi) is 2.44. The number of aromatic nitrogens is 2. The molecule has 1 aromatic rings. The molecule has 0 spiro atoms. The van der Waals surface area contributed by atoms with Gasteiger partial charge in [-0.25, -0.2) is 4.79 Å². The highest BCUT2D eigenvalue weighted by molar-refractivity contribution is 5.73. The largest absolute Gasteiger partial charge is 0.479 e. The molecule has 1 rings (SSSR count). The van der Waals surface area contributed by atoms with Crippen molar-refractivity contribution >= 4 is 5.97 Å². The van der Waals surface area contributed by atoms with Crippen LogP contribution in [0.5, 0.6) is 0 Å². The van der Waals surface area contributed by atoms with Gasteiger partial charge in [0.25, 0.3) is 0 Å². The number of aliphatic carboxylic acids is 1. The first-order valence-corrected chi connectivity index (χ1v) is 3.59. The highest BCUT2D eigenvalue weighted by Gasteiger charge is 2.19. The van der Waals surface area contributed by atoms with Crippen LogP contribution in [0.1, 0.15) is 18.7 Å². The standard InChI is InChI=1S/C7H10N2O3/c1-2-9-5(3-4-8-9)6(10)7(11)12/h3-4,6,10H,2H2,1H3,(H,11,12). The van der Waals surface area contributed by atoms with E-state index >= 15 is 0 Å². The molecule has 0 radical (unpaired) electrons. The molecule has 0 saturated carbocycles. The number of aryl methyl sites for hydroxylation is 1. The van der Waals surface area contributed by atoms with Gasteiger partial charge in [-0.2, -0.15) is 5.10 Å². The lowest BCUT2D eigenvalue weighted by Crippen LogP contribution is -2.15. The van der Waals surface area contributed by atoms with Crippen LogP contribution in [0.2, 0.25) is 0 Å². The van der Waals surface area contributed by atoms with E-state index in [-0.39, 0.29) is 0 Å². The van der Waals surface area contributed by atoms with Gasteiger partial charge in [-0.05, 0) is 13.0 Å². The third-order valence-electron chi connectivity index (χ3n) is 1.56. The Bertz CT molecular complexity index is 282. The van der Waals surface area contributed by atoms with Gasteiger partial charge in [0, 0.05) is 12.7 Å². The van der Waals surface area contributed by atoms with Crippen LogP contribution in [0.4, 0.5) is 0 Å². The van der Waals surface area contributed by atoms with Crippen LogP contribution in [0.15, 0.2) is 12.3 Å². The van der Waals surface area contributed by atoms with Gasteiger partial charge in [0.05, 0.1) is 5.69 Å². The van der Waals surface area contributed by atoms with E-state index in [0.29, 0.717) is 12.2 Å². The van der Waals surface area contributed by atoms with E-state index < -0.39 is 12.1 Å². The zero-order chi connectivity index (χ0) is 9.14. The first-order chi connectivity index (χ1) is 5.66. The molecular weight excluding hydrogens is 160 g/mol. The number of hydrogen-bond acceptors (Lipinski definition) is 3. The van der Waals surface area contributed by atoms with Gasteiger partial charge in [-0.1, -0.05) is 0 Å². The Balaban J connectivity index is 2.93. The quantitative estimate of drug-likeness (QED) is 0.670. The lowest BCUT2D eigenvalue weighted by molar-refractivity contribution is -0.147. The molecule has 1 aromatic heterocycles. The van der Waals surface area contributed by atoms with Crippen molar-refractivity contribution in [3.63, 3.8) is 0 Å². The maximum atomic E-state index is 10.4. The average molecular weight is 170 g/mol. The first kappa shape index (κ1) is 8.73. The van der Waals surface area contributed by atoms with Crippen molar-refractivity contribution in [2.75, 3.05) is 0 Å². The Hall–Kier alpha value is -1.36. The van der Waals surface area contributed by atoms with Gasteiger partial charge in [0.1, 0.15) is 0 Å². The summed E-state index contributed by atoms with van der Waals surface area (Å²) in [4.78, 5) is 10.4. The van der Waals surface area contributed by atoms with Crippen LogP contribution in [0.25, 0.3) is 0 Å². The molecule has 0 aliphatic carbocycles. The van der Waals surface area contributed by atoms with E-state index in [1.165, 1.54) is 16.9 Å². The molecule has 0 bridgehead atoms. The lowest BCUT2D eigenvalue weighted by Gasteiger charge is -2.06. The normalized spacial score (nSPS) is 12.8. The number of aliphatic hydroxyl groups excluding tert-OH is 1. The van der Waals surface area contributed by atoms with E-state index in [4.69, 9.17) is 10.2 Å². The topological polar surface area (TPSA) is 75.3 Å². The van der Waals surface area contributed by atoms with Gasteiger partial charge in [-0.15, -0.1) is 0 Å². The van der Waals surface area contributed by atoms with Crippen molar-refractivity contribution in [2.45, 2.75) is 19.6 Å². The van der Waals surface area contributed by atoms with Gasteiger partial charge in [0.2, 0.25) is 0 Å². The fourth-order valence-corrected chi connectivity index (χ4v) is 0.966. The number of carboxylic acids is 1. The summed E-state index contributed by atoms with van der Waals surface area (Å²) in [6.07, 6.45) is -0.0159.